The van der Waals surface area contributed by atoms with Gasteiger partial charge in [-0.05, 0) is 18.8 Å². The number of nitrogens with zero attached hydrogens (tertiary/aromatic N) is 1. The second-order valence-corrected chi connectivity index (χ2v) is 3.95. The van der Waals surface area contributed by atoms with Gasteiger partial charge in [-0.1, -0.05) is 6.92 Å². The molecule has 0 spiro atoms. The van der Waals surface area contributed by atoms with Crippen LogP contribution in [0.1, 0.15) is 19.8 Å². The summed E-state index contributed by atoms with van der Waals surface area (Å²) >= 11 is 0. The van der Waals surface area contributed by atoms with Gasteiger partial charge in [-0.2, -0.15) is 0 Å². The number of rotatable bonds is 1. The fraction of sp³-hybridized carbons (Fsp3) is 0.889. The van der Waals surface area contributed by atoms with Crippen molar-refractivity contribution in [3.8, 4) is 0 Å². The third kappa shape index (κ3) is 1.78. The van der Waals surface area contributed by atoms with E-state index < -0.39 is 0 Å². The molecule has 1 saturated carbocycles. The third-order valence-corrected chi connectivity index (χ3v) is 2.63. The molecule has 0 aromatic heterocycles. The summed E-state index contributed by atoms with van der Waals surface area (Å²) in [6.45, 7) is 1.99. The summed E-state index contributed by atoms with van der Waals surface area (Å²) in [4.78, 5) is 13.1. The summed E-state index contributed by atoms with van der Waals surface area (Å²) in [5, 5.41) is 9.43. The highest BCUT2D eigenvalue weighted by Crippen LogP contribution is 2.31. The summed E-state index contributed by atoms with van der Waals surface area (Å²) in [6.07, 6.45) is 1.19. The van der Waals surface area contributed by atoms with Crippen molar-refractivity contribution < 1.29 is 9.90 Å². The van der Waals surface area contributed by atoms with E-state index in [2.05, 4.69) is 0 Å². The molecule has 0 aliphatic heterocycles. The highest BCUT2D eigenvalue weighted by Gasteiger charge is 2.34. The van der Waals surface area contributed by atoms with E-state index in [1.54, 1.807) is 19.0 Å². The van der Waals surface area contributed by atoms with Crippen LogP contribution in [0.25, 0.3) is 0 Å². The molecule has 0 aromatic rings. The molecule has 1 aliphatic carbocycles. The summed E-state index contributed by atoms with van der Waals surface area (Å²) in [5.74, 6) is 0.474. The second-order valence-electron chi connectivity index (χ2n) is 3.95. The molecule has 3 atom stereocenters. The van der Waals surface area contributed by atoms with Crippen molar-refractivity contribution in [2.24, 2.45) is 11.8 Å². The Bertz CT molecular complexity index is 169. The van der Waals surface area contributed by atoms with E-state index in [0.717, 1.165) is 6.42 Å². The smallest absolute Gasteiger partial charge is 0.225 e. The van der Waals surface area contributed by atoms with Crippen LogP contribution in [0.2, 0.25) is 0 Å². The molecule has 0 aromatic carbocycles. The Balaban J connectivity index is 2.52. The van der Waals surface area contributed by atoms with Crippen LogP contribution in [0.15, 0.2) is 0 Å². The van der Waals surface area contributed by atoms with Gasteiger partial charge < -0.3 is 10.0 Å². The minimum absolute atomic E-state index is 0.0463. The molecular formula is C9H17NO2. The van der Waals surface area contributed by atoms with Gasteiger partial charge in [-0.15, -0.1) is 0 Å². The largest absolute Gasteiger partial charge is 0.393 e. The molecule has 1 rings (SSSR count). The quantitative estimate of drug-likeness (QED) is 0.623. The zero-order chi connectivity index (χ0) is 9.30. The van der Waals surface area contributed by atoms with E-state index in [1.807, 2.05) is 6.92 Å². The maximum atomic E-state index is 11.5. The summed E-state index contributed by atoms with van der Waals surface area (Å²) in [7, 11) is 3.52. The first-order chi connectivity index (χ1) is 5.52. The van der Waals surface area contributed by atoms with Crippen molar-refractivity contribution in [3.63, 3.8) is 0 Å². The molecule has 1 N–H and O–H groups in total. The molecule has 12 heavy (non-hydrogen) atoms. The molecule has 0 radical (unpaired) electrons. The van der Waals surface area contributed by atoms with Crippen LogP contribution in [0, 0.1) is 11.8 Å². The van der Waals surface area contributed by atoms with Crippen molar-refractivity contribution in [2.75, 3.05) is 14.1 Å². The first-order valence-electron chi connectivity index (χ1n) is 4.41. The Hall–Kier alpha value is -0.570. The lowest BCUT2D eigenvalue weighted by atomic mass is 10.1. The Morgan fingerprint density at radius 2 is 2.00 bits per heavy atom. The third-order valence-electron chi connectivity index (χ3n) is 2.63. The number of carbonyl (C=O) groups is 1. The van der Waals surface area contributed by atoms with Gasteiger partial charge in [0.25, 0.3) is 0 Å². The first kappa shape index (κ1) is 9.52. The highest BCUT2D eigenvalue weighted by atomic mass is 16.3. The summed E-state index contributed by atoms with van der Waals surface area (Å²) in [6, 6.07) is 0. The SMILES string of the molecule is C[C@@H]1C[C@@H](C(=O)N(C)C)C[C@@H]1O. The lowest BCUT2D eigenvalue weighted by molar-refractivity contribution is -0.133. The van der Waals surface area contributed by atoms with Gasteiger partial charge in [0.15, 0.2) is 0 Å². The molecular weight excluding hydrogens is 154 g/mol. The van der Waals surface area contributed by atoms with Crippen LogP contribution < -0.4 is 0 Å². The average molecular weight is 171 g/mol. The Labute approximate surface area is 73.4 Å². The van der Waals surface area contributed by atoms with E-state index in [9.17, 15) is 9.90 Å². The average Bonchev–Trinajstić information content (AvgIpc) is 2.30. The van der Waals surface area contributed by atoms with Gasteiger partial charge in [-0.25, -0.2) is 0 Å². The van der Waals surface area contributed by atoms with Gasteiger partial charge in [0.2, 0.25) is 5.91 Å². The molecule has 1 aliphatic rings. The van der Waals surface area contributed by atoms with Gasteiger partial charge in [0, 0.05) is 20.0 Å². The van der Waals surface area contributed by atoms with Crippen molar-refractivity contribution in [1.82, 2.24) is 4.90 Å². The van der Waals surface area contributed by atoms with Crippen LogP contribution in [0.4, 0.5) is 0 Å². The maximum absolute atomic E-state index is 11.5. The highest BCUT2D eigenvalue weighted by molar-refractivity contribution is 5.78. The molecule has 0 bridgehead atoms. The lowest BCUT2D eigenvalue weighted by Crippen LogP contribution is -2.28. The zero-order valence-corrected chi connectivity index (χ0v) is 7.95. The van der Waals surface area contributed by atoms with Gasteiger partial charge in [0.05, 0.1) is 6.10 Å². The van der Waals surface area contributed by atoms with Gasteiger partial charge in [0.1, 0.15) is 0 Å². The minimum atomic E-state index is -0.279. The standard InChI is InChI=1S/C9H17NO2/c1-6-4-7(5-8(6)11)9(12)10(2)3/h6-8,11H,4-5H2,1-3H3/t6-,7-,8+/m1/s1. The van der Waals surface area contributed by atoms with E-state index in [0.29, 0.717) is 6.42 Å². The minimum Gasteiger partial charge on any atom is -0.393 e. The molecule has 0 saturated heterocycles. The van der Waals surface area contributed by atoms with Crippen LogP contribution in [0.3, 0.4) is 0 Å². The number of hydrogen-bond donors (Lipinski definition) is 1. The lowest BCUT2D eigenvalue weighted by Gasteiger charge is -2.15. The topological polar surface area (TPSA) is 40.5 Å². The molecule has 1 fully saturated rings. The summed E-state index contributed by atoms with van der Waals surface area (Å²) in [5.41, 5.74) is 0. The first-order valence-corrected chi connectivity index (χ1v) is 4.41. The van der Waals surface area contributed by atoms with E-state index in [4.69, 9.17) is 0 Å². The fourth-order valence-electron chi connectivity index (χ4n) is 1.79. The van der Waals surface area contributed by atoms with E-state index in [1.165, 1.54) is 0 Å². The Kier molecular flexibility index (Phi) is 2.73. The Morgan fingerprint density at radius 3 is 2.33 bits per heavy atom. The molecule has 3 nitrogen and oxygen atoms in total. The fourth-order valence-corrected chi connectivity index (χ4v) is 1.79. The predicted molar refractivity (Wildman–Crippen MR) is 46.6 cm³/mol. The number of carbonyl (C=O) groups excluding carboxylic acids is 1. The van der Waals surface area contributed by atoms with Gasteiger partial charge in [-0.3, -0.25) is 4.79 Å². The van der Waals surface area contributed by atoms with Crippen molar-refractivity contribution in [1.29, 1.82) is 0 Å². The molecule has 70 valence electrons. The van der Waals surface area contributed by atoms with Crippen molar-refractivity contribution in [2.45, 2.75) is 25.9 Å². The van der Waals surface area contributed by atoms with Crippen LogP contribution >= 0.6 is 0 Å². The van der Waals surface area contributed by atoms with Crippen molar-refractivity contribution >= 4 is 5.91 Å². The predicted octanol–water partition coefficient (Wildman–Crippen LogP) is 0.482. The number of aliphatic hydroxyl groups excluding tert-OH is 1. The van der Waals surface area contributed by atoms with Crippen LogP contribution in [0.5, 0.6) is 0 Å². The monoisotopic (exact) mass is 171 g/mol. The molecule has 0 heterocycles. The van der Waals surface area contributed by atoms with Crippen LogP contribution in [-0.2, 0) is 4.79 Å². The molecule has 0 unspecified atom stereocenters. The summed E-state index contributed by atoms with van der Waals surface area (Å²) < 4.78 is 0. The maximum Gasteiger partial charge on any atom is 0.225 e. The second kappa shape index (κ2) is 3.44. The Morgan fingerprint density at radius 1 is 1.42 bits per heavy atom. The number of aliphatic hydroxyl groups is 1. The van der Waals surface area contributed by atoms with Crippen LogP contribution in [-0.4, -0.2) is 36.1 Å². The normalized spacial score (nSPS) is 35.2. The zero-order valence-electron chi connectivity index (χ0n) is 7.95. The van der Waals surface area contributed by atoms with Crippen molar-refractivity contribution in [3.05, 3.63) is 0 Å². The number of hydrogen-bond acceptors (Lipinski definition) is 2. The van der Waals surface area contributed by atoms with E-state index >= 15 is 0 Å². The van der Waals surface area contributed by atoms with E-state index in [-0.39, 0.29) is 23.8 Å². The number of amides is 1. The van der Waals surface area contributed by atoms with Gasteiger partial charge >= 0.3 is 0 Å². The molecule has 1 amide bonds. The molecule has 3 heteroatoms.